The minimum atomic E-state index is -0.553. The molecule has 22 heavy (non-hydrogen) atoms. The van der Waals surface area contributed by atoms with Crippen LogP contribution >= 0.6 is 11.6 Å². The van der Waals surface area contributed by atoms with Crippen LogP contribution in [-0.4, -0.2) is 14.5 Å². The number of aromatic nitrogens is 2. The fourth-order valence-electron chi connectivity index (χ4n) is 2.74. The summed E-state index contributed by atoms with van der Waals surface area (Å²) in [6.45, 7) is 5.97. The Balaban J connectivity index is 2.32. The van der Waals surface area contributed by atoms with Crippen molar-refractivity contribution in [1.82, 2.24) is 9.38 Å². The standard InChI is InChI=1S/C18H19ClN2O/c1-4-15(22)17-16(13-7-8-14(19)12(3)10-13)20-18-11(2)6-5-9-21(17)18/h5-10,15,22H,4H2,1-3H3. The van der Waals surface area contributed by atoms with E-state index in [1.165, 1.54) is 0 Å². The lowest BCUT2D eigenvalue weighted by atomic mass is 10.0. The Morgan fingerprint density at radius 2 is 2.00 bits per heavy atom. The van der Waals surface area contributed by atoms with E-state index in [1.54, 1.807) is 0 Å². The molecular formula is C18H19ClN2O. The van der Waals surface area contributed by atoms with Gasteiger partial charge in [-0.3, -0.25) is 0 Å². The van der Waals surface area contributed by atoms with Gasteiger partial charge in [-0.1, -0.05) is 30.7 Å². The number of fused-ring (bicyclic) bond motifs is 1. The summed E-state index contributed by atoms with van der Waals surface area (Å²) in [5.74, 6) is 0. The van der Waals surface area contributed by atoms with Gasteiger partial charge in [-0.25, -0.2) is 4.98 Å². The second-order valence-corrected chi connectivity index (χ2v) is 6.03. The molecule has 0 fully saturated rings. The maximum absolute atomic E-state index is 10.5. The Morgan fingerprint density at radius 3 is 2.68 bits per heavy atom. The zero-order valence-corrected chi connectivity index (χ0v) is 13.7. The third-order valence-corrected chi connectivity index (χ3v) is 4.44. The molecule has 3 rings (SSSR count). The lowest BCUT2D eigenvalue weighted by Gasteiger charge is -2.11. The highest BCUT2D eigenvalue weighted by atomic mass is 35.5. The summed E-state index contributed by atoms with van der Waals surface area (Å²) in [6, 6.07) is 9.86. The molecule has 0 aliphatic carbocycles. The van der Waals surface area contributed by atoms with Crippen LogP contribution in [0, 0.1) is 13.8 Å². The van der Waals surface area contributed by atoms with E-state index in [0.29, 0.717) is 6.42 Å². The predicted octanol–water partition coefficient (Wildman–Crippen LogP) is 4.71. The average Bonchev–Trinajstić information content (AvgIpc) is 2.90. The third-order valence-electron chi connectivity index (χ3n) is 4.02. The zero-order valence-electron chi connectivity index (χ0n) is 13.0. The Kier molecular flexibility index (Phi) is 3.94. The largest absolute Gasteiger partial charge is 0.387 e. The molecule has 1 aromatic carbocycles. The van der Waals surface area contributed by atoms with Crippen molar-refractivity contribution in [3.63, 3.8) is 0 Å². The highest BCUT2D eigenvalue weighted by Gasteiger charge is 2.20. The Hall–Kier alpha value is -1.84. The first-order chi connectivity index (χ1) is 10.5. The van der Waals surface area contributed by atoms with Crippen LogP contribution in [0.2, 0.25) is 5.02 Å². The van der Waals surface area contributed by atoms with Crippen molar-refractivity contribution in [3.05, 3.63) is 58.4 Å². The molecule has 0 radical (unpaired) electrons. The second-order valence-electron chi connectivity index (χ2n) is 5.62. The molecule has 0 amide bonds. The Morgan fingerprint density at radius 1 is 1.23 bits per heavy atom. The lowest BCUT2D eigenvalue weighted by molar-refractivity contribution is 0.168. The van der Waals surface area contributed by atoms with Crippen molar-refractivity contribution in [1.29, 1.82) is 0 Å². The van der Waals surface area contributed by atoms with Gasteiger partial charge in [0.05, 0.1) is 17.5 Å². The fraction of sp³-hybridized carbons (Fsp3) is 0.278. The topological polar surface area (TPSA) is 37.5 Å². The number of halogens is 1. The zero-order chi connectivity index (χ0) is 15.9. The molecule has 0 spiro atoms. The highest BCUT2D eigenvalue weighted by Crippen LogP contribution is 2.32. The molecule has 114 valence electrons. The van der Waals surface area contributed by atoms with Gasteiger partial charge in [0.15, 0.2) is 0 Å². The highest BCUT2D eigenvalue weighted by molar-refractivity contribution is 6.31. The Bertz CT molecular complexity index is 838. The average molecular weight is 315 g/mol. The fourth-order valence-corrected chi connectivity index (χ4v) is 2.86. The van der Waals surface area contributed by atoms with Crippen molar-refractivity contribution in [3.8, 4) is 11.3 Å². The summed E-state index contributed by atoms with van der Waals surface area (Å²) < 4.78 is 1.99. The molecule has 0 saturated heterocycles. The summed E-state index contributed by atoms with van der Waals surface area (Å²) in [5, 5.41) is 11.2. The smallest absolute Gasteiger partial charge is 0.140 e. The molecule has 0 aliphatic rings. The molecule has 2 aromatic heterocycles. The first kappa shape index (κ1) is 15.1. The van der Waals surface area contributed by atoms with Crippen LogP contribution in [-0.2, 0) is 0 Å². The van der Waals surface area contributed by atoms with E-state index in [9.17, 15) is 5.11 Å². The molecule has 0 bridgehead atoms. The van der Waals surface area contributed by atoms with Gasteiger partial charge in [0, 0.05) is 16.8 Å². The number of aliphatic hydroxyl groups excluding tert-OH is 1. The molecule has 0 aliphatic heterocycles. The Labute approximate surface area is 135 Å². The van der Waals surface area contributed by atoms with Gasteiger partial charge in [-0.15, -0.1) is 0 Å². The van der Waals surface area contributed by atoms with E-state index in [2.05, 4.69) is 0 Å². The van der Waals surface area contributed by atoms with E-state index in [4.69, 9.17) is 16.6 Å². The third kappa shape index (κ3) is 2.40. The number of pyridine rings is 1. The summed E-state index contributed by atoms with van der Waals surface area (Å²) in [4.78, 5) is 4.78. The van der Waals surface area contributed by atoms with Crippen molar-refractivity contribution in [2.45, 2.75) is 33.3 Å². The van der Waals surface area contributed by atoms with Crippen molar-refractivity contribution in [2.75, 3.05) is 0 Å². The number of aryl methyl sites for hydroxylation is 2. The van der Waals surface area contributed by atoms with Crippen LogP contribution < -0.4 is 0 Å². The molecular weight excluding hydrogens is 296 g/mol. The van der Waals surface area contributed by atoms with E-state index < -0.39 is 6.10 Å². The molecule has 4 heteroatoms. The summed E-state index contributed by atoms with van der Waals surface area (Å²) in [7, 11) is 0. The number of hydrogen-bond donors (Lipinski definition) is 1. The maximum Gasteiger partial charge on any atom is 0.140 e. The van der Waals surface area contributed by atoms with Gasteiger partial charge in [-0.05, 0) is 49.6 Å². The predicted molar refractivity (Wildman–Crippen MR) is 90.4 cm³/mol. The number of rotatable bonds is 3. The molecule has 1 atom stereocenters. The summed E-state index contributed by atoms with van der Waals surface area (Å²) in [5.41, 5.74) is 5.61. The minimum absolute atomic E-state index is 0.553. The normalized spacial score (nSPS) is 12.8. The van der Waals surface area contributed by atoms with Crippen LogP contribution in [0.4, 0.5) is 0 Å². The monoisotopic (exact) mass is 314 g/mol. The number of nitrogens with zero attached hydrogens (tertiary/aromatic N) is 2. The van der Waals surface area contributed by atoms with E-state index in [1.807, 2.05) is 61.7 Å². The van der Waals surface area contributed by atoms with E-state index >= 15 is 0 Å². The molecule has 1 N–H and O–H groups in total. The molecule has 2 heterocycles. The maximum atomic E-state index is 10.5. The minimum Gasteiger partial charge on any atom is -0.387 e. The van der Waals surface area contributed by atoms with Crippen molar-refractivity contribution >= 4 is 17.2 Å². The van der Waals surface area contributed by atoms with Gasteiger partial charge >= 0.3 is 0 Å². The lowest BCUT2D eigenvalue weighted by Crippen LogP contribution is -2.02. The number of imidazole rings is 1. The van der Waals surface area contributed by atoms with Gasteiger partial charge in [0.25, 0.3) is 0 Å². The van der Waals surface area contributed by atoms with E-state index in [0.717, 1.165) is 38.7 Å². The van der Waals surface area contributed by atoms with E-state index in [-0.39, 0.29) is 0 Å². The molecule has 1 unspecified atom stereocenters. The van der Waals surface area contributed by atoms with Crippen molar-refractivity contribution < 1.29 is 5.11 Å². The number of aliphatic hydroxyl groups is 1. The number of hydrogen-bond acceptors (Lipinski definition) is 2. The van der Waals surface area contributed by atoms with Crippen LogP contribution in [0.5, 0.6) is 0 Å². The van der Waals surface area contributed by atoms with Crippen LogP contribution in [0.1, 0.15) is 36.3 Å². The first-order valence-electron chi connectivity index (χ1n) is 7.45. The van der Waals surface area contributed by atoms with Gasteiger partial charge in [-0.2, -0.15) is 0 Å². The van der Waals surface area contributed by atoms with Gasteiger partial charge in [0.1, 0.15) is 5.65 Å². The first-order valence-corrected chi connectivity index (χ1v) is 7.83. The molecule has 0 saturated carbocycles. The molecule has 3 aromatic rings. The quantitative estimate of drug-likeness (QED) is 0.760. The van der Waals surface area contributed by atoms with Crippen LogP contribution in [0.15, 0.2) is 36.5 Å². The van der Waals surface area contributed by atoms with Crippen LogP contribution in [0.3, 0.4) is 0 Å². The van der Waals surface area contributed by atoms with Crippen LogP contribution in [0.25, 0.3) is 16.9 Å². The summed E-state index contributed by atoms with van der Waals surface area (Å²) in [6.07, 6.45) is 2.04. The summed E-state index contributed by atoms with van der Waals surface area (Å²) >= 11 is 6.13. The van der Waals surface area contributed by atoms with Gasteiger partial charge < -0.3 is 9.51 Å². The van der Waals surface area contributed by atoms with Gasteiger partial charge in [0.2, 0.25) is 0 Å². The SMILES string of the molecule is CCC(O)c1c(-c2ccc(Cl)c(C)c2)nc2c(C)cccn12. The number of benzene rings is 1. The second kappa shape index (κ2) is 5.75. The molecule has 3 nitrogen and oxygen atoms in total. The van der Waals surface area contributed by atoms with Crippen molar-refractivity contribution in [2.24, 2.45) is 0 Å².